The number of aliphatic hydroxyl groups is 1. The maximum absolute atomic E-state index is 9.56. The third-order valence-electron chi connectivity index (χ3n) is 3.14. The fraction of sp³-hybridized carbons (Fsp3) is 0.188. The Hall–Kier alpha value is -2.33. The van der Waals surface area contributed by atoms with E-state index in [1.54, 1.807) is 6.92 Å². The maximum atomic E-state index is 9.56. The molecule has 0 aliphatic carbocycles. The highest BCUT2D eigenvalue weighted by Crippen LogP contribution is 2.19. The van der Waals surface area contributed by atoms with E-state index in [1.165, 1.54) is 0 Å². The molecule has 2 heterocycles. The van der Waals surface area contributed by atoms with Crippen LogP contribution in [0.2, 0.25) is 0 Å². The number of benzene rings is 1. The van der Waals surface area contributed by atoms with E-state index in [-0.39, 0.29) is 0 Å². The van der Waals surface area contributed by atoms with Crippen LogP contribution < -0.4 is 4.74 Å². The molecule has 1 aromatic carbocycles. The van der Waals surface area contributed by atoms with Crippen LogP contribution in [0.25, 0.3) is 5.65 Å². The van der Waals surface area contributed by atoms with Crippen molar-refractivity contribution in [3.05, 3.63) is 66.1 Å². The van der Waals surface area contributed by atoms with Crippen molar-refractivity contribution in [1.82, 2.24) is 9.38 Å². The molecule has 20 heavy (non-hydrogen) atoms. The van der Waals surface area contributed by atoms with Crippen molar-refractivity contribution < 1.29 is 9.84 Å². The van der Waals surface area contributed by atoms with Gasteiger partial charge in [0.25, 0.3) is 0 Å². The molecule has 0 amide bonds. The van der Waals surface area contributed by atoms with Crippen LogP contribution >= 0.6 is 0 Å². The minimum Gasteiger partial charge on any atom is -0.487 e. The van der Waals surface area contributed by atoms with Crippen molar-refractivity contribution in [2.45, 2.75) is 19.6 Å². The van der Waals surface area contributed by atoms with Gasteiger partial charge in [0.15, 0.2) is 0 Å². The molecule has 2 aromatic heterocycles. The Morgan fingerprint density at radius 2 is 2.15 bits per heavy atom. The third kappa shape index (κ3) is 2.65. The molecule has 0 bridgehead atoms. The lowest BCUT2D eigenvalue weighted by molar-refractivity contribution is 0.198. The lowest BCUT2D eigenvalue weighted by atomic mass is 10.1. The largest absolute Gasteiger partial charge is 0.487 e. The topological polar surface area (TPSA) is 46.8 Å². The summed E-state index contributed by atoms with van der Waals surface area (Å²) in [5.74, 6) is 0.737. The van der Waals surface area contributed by atoms with Crippen LogP contribution in [0.1, 0.15) is 24.3 Å². The summed E-state index contributed by atoms with van der Waals surface area (Å²) in [4.78, 5) is 4.47. The van der Waals surface area contributed by atoms with E-state index in [0.717, 1.165) is 22.7 Å². The summed E-state index contributed by atoms with van der Waals surface area (Å²) >= 11 is 0. The molecule has 0 saturated heterocycles. The average Bonchev–Trinajstić information content (AvgIpc) is 2.88. The number of imidazole rings is 1. The van der Waals surface area contributed by atoms with Crippen LogP contribution in [0.4, 0.5) is 0 Å². The number of pyridine rings is 1. The van der Waals surface area contributed by atoms with E-state index in [0.29, 0.717) is 6.61 Å². The normalized spacial score (nSPS) is 12.5. The molecule has 3 rings (SSSR count). The average molecular weight is 268 g/mol. The SMILES string of the molecule is C[C@H](O)c1cccc(OCc2cn3ccccc3n2)c1. The number of hydrogen-bond donors (Lipinski definition) is 1. The number of rotatable bonds is 4. The van der Waals surface area contributed by atoms with Crippen molar-refractivity contribution >= 4 is 5.65 Å². The van der Waals surface area contributed by atoms with Gasteiger partial charge in [-0.15, -0.1) is 0 Å². The second-order valence-corrected chi connectivity index (χ2v) is 4.74. The number of fused-ring (bicyclic) bond motifs is 1. The molecule has 0 aliphatic heterocycles. The highest BCUT2D eigenvalue weighted by molar-refractivity contribution is 5.39. The van der Waals surface area contributed by atoms with Gasteiger partial charge in [0, 0.05) is 12.4 Å². The Balaban J connectivity index is 1.74. The van der Waals surface area contributed by atoms with Crippen molar-refractivity contribution in [2.24, 2.45) is 0 Å². The second-order valence-electron chi connectivity index (χ2n) is 4.74. The monoisotopic (exact) mass is 268 g/mol. The Bertz CT molecular complexity index is 686. The van der Waals surface area contributed by atoms with Gasteiger partial charge in [-0.05, 0) is 36.8 Å². The molecule has 0 spiro atoms. The fourth-order valence-corrected chi connectivity index (χ4v) is 2.08. The van der Waals surface area contributed by atoms with Crippen LogP contribution in [-0.4, -0.2) is 14.5 Å². The van der Waals surface area contributed by atoms with E-state index < -0.39 is 6.10 Å². The summed E-state index contributed by atoms with van der Waals surface area (Å²) in [5.41, 5.74) is 2.62. The van der Waals surface area contributed by atoms with Gasteiger partial charge in [-0.25, -0.2) is 4.98 Å². The molecule has 3 aromatic rings. The number of aliphatic hydroxyl groups excluding tert-OH is 1. The highest BCUT2D eigenvalue weighted by atomic mass is 16.5. The first-order chi connectivity index (χ1) is 9.72. The zero-order valence-electron chi connectivity index (χ0n) is 11.2. The highest BCUT2D eigenvalue weighted by Gasteiger charge is 2.04. The van der Waals surface area contributed by atoms with E-state index in [9.17, 15) is 5.11 Å². The van der Waals surface area contributed by atoms with E-state index in [2.05, 4.69) is 4.98 Å². The number of ether oxygens (including phenoxy) is 1. The molecular formula is C16H16N2O2. The van der Waals surface area contributed by atoms with Crippen molar-refractivity contribution in [1.29, 1.82) is 0 Å². The molecule has 0 fully saturated rings. The van der Waals surface area contributed by atoms with Gasteiger partial charge in [-0.2, -0.15) is 0 Å². The third-order valence-corrected chi connectivity index (χ3v) is 3.14. The summed E-state index contributed by atoms with van der Waals surface area (Å²) in [6.07, 6.45) is 3.42. The van der Waals surface area contributed by atoms with Gasteiger partial charge >= 0.3 is 0 Å². The minimum atomic E-state index is -0.492. The predicted molar refractivity (Wildman–Crippen MR) is 76.6 cm³/mol. The van der Waals surface area contributed by atoms with Crippen molar-refractivity contribution in [2.75, 3.05) is 0 Å². The smallest absolute Gasteiger partial charge is 0.137 e. The predicted octanol–water partition coefficient (Wildman–Crippen LogP) is 2.97. The Kier molecular flexibility index (Phi) is 3.39. The first-order valence-corrected chi connectivity index (χ1v) is 6.56. The summed E-state index contributed by atoms with van der Waals surface area (Å²) in [6, 6.07) is 13.4. The van der Waals surface area contributed by atoms with Gasteiger partial charge in [0.1, 0.15) is 18.0 Å². The van der Waals surface area contributed by atoms with Crippen LogP contribution in [0, 0.1) is 0 Å². The zero-order chi connectivity index (χ0) is 13.9. The molecule has 1 atom stereocenters. The van der Waals surface area contributed by atoms with Crippen LogP contribution in [0.5, 0.6) is 5.75 Å². The van der Waals surface area contributed by atoms with Gasteiger partial charge < -0.3 is 14.2 Å². The summed E-state index contributed by atoms with van der Waals surface area (Å²) in [6.45, 7) is 2.15. The van der Waals surface area contributed by atoms with Gasteiger partial charge in [0.2, 0.25) is 0 Å². The maximum Gasteiger partial charge on any atom is 0.137 e. The quantitative estimate of drug-likeness (QED) is 0.791. The van der Waals surface area contributed by atoms with Crippen LogP contribution in [0.3, 0.4) is 0 Å². The number of aromatic nitrogens is 2. The van der Waals surface area contributed by atoms with E-state index >= 15 is 0 Å². The Morgan fingerprint density at radius 1 is 1.25 bits per heavy atom. The fourth-order valence-electron chi connectivity index (χ4n) is 2.08. The Labute approximate surface area is 117 Å². The first-order valence-electron chi connectivity index (χ1n) is 6.56. The minimum absolute atomic E-state index is 0.408. The van der Waals surface area contributed by atoms with Crippen LogP contribution in [0.15, 0.2) is 54.9 Å². The van der Waals surface area contributed by atoms with Crippen molar-refractivity contribution in [3.8, 4) is 5.75 Å². The zero-order valence-corrected chi connectivity index (χ0v) is 11.2. The molecule has 0 aliphatic rings. The first kappa shape index (κ1) is 12.7. The van der Waals surface area contributed by atoms with Crippen molar-refractivity contribution in [3.63, 3.8) is 0 Å². The van der Waals surface area contributed by atoms with E-state index in [1.807, 2.05) is 59.3 Å². The summed E-state index contributed by atoms with van der Waals surface area (Å²) in [5, 5.41) is 9.56. The van der Waals surface area contributed by atoms with Gasteiger partial charge in [0.05, 0.1) is 11.8 Å². The lowest BCUT2D eigenvalue weighted by Gasteiger charge is -2.08. The van der Waals surface area contributed by atoms with Crippen LogP contribution in [-0.2, 0) is 6.61 Å². The molecule has 4 heteroatoms. The molecule has 4 nitrogen and oxygen atoms in total. The molecule has 0 radical (unpaired) electrons. The molecule has 0 saturated carbocycles. The van der Waals surface area contributed by atoms with E-state index in [4.69, 9.17) is 4.74 Å². The molecule has 102 valence electrons. The second kappa shape index (κ2) is 5.35. The lowest BCUT2D eigenvalue weighted by Crippen LogP contribution is -1.97. The molecule has 1 N–H and O–H groups in total. The Morgan fingerprint density at radius 3 is 2.95 bits per heavy atom. The van der Waals surface area contributed by atoms with Gasteiger partial charge in [-0.3, -0.25) is 0 Å². The standard InChI is InChI=1S/C16H16N2O2/c1-12(19)13-5-4-6-15(9-13)20-11-14-10-18-8-3-2-7-16(18)17-14/h2-10,12,19H,11H2,1H3/t12-/m0/s1. The molecular weight excluding hydrogens is 252 g/mol. The molecule has 0 unspecified atom stereocenters. The summed E-state index contributed by atoms with van der Waals surface area (Å²) < 4.78 is 7.69. The van der Waals surface area contributed by atoms with Gasteiger partial charge in [-0.1, -0.05) is 18.2 Å². The number of nitrogens with zero attached hydrogens (tertiary/aromatic N) is 2. The number of hydrogen-bond acceptors (Lipinski definition) is 3. The summed E-state index contributed by atoms with van der Waals surface area (Å²) in [7, 11) is 0.